The number of nitrogens with zero attached hydrogens (tertiary/aromatic N) is 4. The largest absolute Gasteiger partial charge is 0.495 e. The van der Waals surface area contributed by atoms with Crippen molar-refractivity contribution in [2.75, 3.05) is 13.7 Å². The Kier molecular flexibility index (Phi) is 8.02. The second kappa shape index (κ2) is 11.4. The first-order valence-electron chi connectivity index (χ1n) is 11.8. The minimum Gasteiger partial charge on any atom is -0.495 e. The maximum atomic E-state index is 12.9. The maximum absolute atomic E-state index is 12.9. The van der Waals surface area contributed by atoms with Crippen LogP contribution in [0.25, 0.3) is 11.0 Å². The van der Waals surface area contributed by atoms with Gasteiger partial charge in [0.25, 0.3) is 5.91 Å². The number of aromatic amines is 1. The number of rotatable bonds is 9. The van der Waals surface area contributed by atoms with Gasteiger partial charge in [0.05, 0.1) is 48.1 Å². The van der Waals surface area contributed by atoms with Crippen LogP contribution in [0.1, 0.15) is 47.8 Å². The Morgan fingerprint density at radius 1 is 1.14 bits per heavy atom. The minimum atomic E-state index is -0.631. The van der Waals surface area contributed by atoms with Crippen LogP contribution >= 0.6 is 11.3 Å². The van der Waals surface area contributed by atoms with Crippen molar-refractivity contribution in [2.24, 2.45) is 0 Å². The molecule has 10 nitrogen and oxygen atoms in total. The van der Waals surface area contributed by atoms with Gasteiger partial charge in [-0.25, -0.2) is 14.8 Å². The molecule has 0 unspecified atom stereocenters. The zero-order valence-electron chi connectivity index (χ0n) is 21.3. The third-order valence-corrected chi connectivity index (χ3v) is 6.18. The number of carbonyl (C=O) groups excluding carboxylic acids is 2. The summed E-state index contributed by atoms with van der Waals surface area (Å²) >= 11 is 1.38. The molecule has 0 fully saturated rings. The number of pyridine rings is 1. The summed E-state index contributed by atoms with van der Waals surface area (Å²) in [5.41, 5.74) is 2.15. The molecule has 0 bridgehead atoms. The number of methoxy groups -OCH3 is 1. The van der Waals surface area contributed by atoms with E-state index in [2.05, 4.69) is 25.3 Å². The molecule has 0 aliphatic heterocycles. The number of hydrogen-bond donors (Lipinski definition) is 2. The summed E-state index contributed by atoms with van der Waals surface area (Å²) in [6.07, 6.45) is 1.64. The molecule has 1 aromatic carbocycles. The fraction of sp³-hybridized carbons (Fsp3) is 0.346. The van der Waals surface area contributed by atoms with Gasteiger partial charge in [0.2, 0.25) is 0 Å². The van der Waals surface area contributed by atoms with Gasteiger partial charge in [-0.3, -0.25) is 9.78 Å². The molecule has 0 saturated heterocycles. The fourth-order valence-electron chi connectivity index (χ4n) is 3.48. The van der Waals surface area contributed by atoms with Crippen LogP contribution in [-0.4, -0.2) is 56.1 Å². The fourth-order valence-corrected chi connectivity index (χ4v) is 4.25. The van der Waals surface area contributed by atoms with Crippen LogP contribution in [0.5, 0.6) is 5.75 Å². The van der Waals surface area contributed by atoms with Crippen LogP contribution in [0.2, 0.25) is 0 Å². The molecule has 0 aliphatic rings. The number of carbonyl (C=O) groups is 2. The monoisotopic (exact) mass is 522 g/mol. The van der Waals surface area contributed by atoms with E-state index in [-0.39, 0.29) is 19.0 Å². The van der Waals surface area contributed by atoms with E-state index in [1.165, 1.54) is 11.3 Å². The normalized spacial score (nSPS) is 11.4. The highest BCUT2D eigenvalue weighted by atomic mass is 32.1. The number of aromatic nitrogens is 4. The number of para-hydroxylation sites is 2. The SMILES string of the molecule is COc1ccc(CNC(=O)c2csc(CCN(Cc3nc4ccccc4[nH]3)C(=O)OC(C)(C)C)n2)nc1. The predicted octanol–water partition coefficient (Wildman–Crippen LogP) is 4.33. The molecule has 3 heterocycles. The van der Waals surface area contributed by atoms with E-state index in [1.54, 1.807) is 35.7 Å². The molecule has 4 aromatic rings. The lowest BCUT2D eigenvalue weighted by molar-refractivity contribution is 0.0231. The first-order chi connectivity index (χ1) is 17.7. The molecule has 0 spiro atoms. The van der Waals surface area contributed by atoms with Gasteiger partial charge in [-0.05, 0) is 45.0 Å². The molecule has 2 amide bonds. The summed E-state index contributed by atoms with van der Waals surface area (Å²) in [5, 5.41) is 5.28. The third kappa shape index (κ3) is 7.26. The summed E-state index contributed by atoms with van der Waals surface area (Å²) in [5.74, 6) is 1.03. The third-order valence-electron chi connectivity index (χ3n) is 5.27. The Morgan fingerprint density at radius 2 is 1.95 bits per heavy atom. The number of amides is 2. The topological polar surface area (TPSA) is 122 Å². The summed E-state index contributed by atoms with van der Waals surface area (Å²) in [7, 11) is 1.57. The highest BCUT2D eigenvalue weighted by Crippen LogP contribution is 2.17. The predicted molar refractivity (Wildman–Crippen MR) is 141 cm³/mol. The van der Waals surface area contributed by atoms with Gasteiger partial charge in [-0.1, -0.05) is 12.1 Å². The molecule has 11 heteroatoms. The Labute approximate surface area is 219 Å². The standard InChI is InChI=1S/C26H30N6O4S/c1-26(2,3)36-25(34)32(15-22-29-19-7-5-6-8-20(19)30-22)12-11-23-31-21(16-37-23)24(33)28-13-17-9-10-18(35-4)14-27-17/h5-10,14,16H,11-13,15H2,1-4H3,(H,28,33)(H,29,30). The summed E-state index contributed by atoms with van der Waals surface area (Å²) in [4.78, 5) is 43.7. The number of nitrogens with one attached hydrogen (secondary N) is 2. The van der Waals surface area contributed by atoms with Gasteiger partial charge in [-0.2, -0.15) is 0 Å². The molecule has 0 radical (unpaired) electrons. The molecule has 0 saturated carbocycles. The lowest BCUT2D eigenvalue weighted by Crippen LogP contribution is -2.38. The number of H-pyrrole nitrogens is 1. The number of imidazole rings is 1. The van der Waals surface area contributed by atoms with Crippen LogP contribution in [0, 0.1) is 0 Å². The number of ether oxygens (including phenoxy) is 2. The van der Waals surface area contributed by atoms with E-state index in [0.29, 0.717) is 35.9 Å². The van der Waals surface area contributed by atoms with Gasteiger partial charge < -0.3 is 24.7 Å². The van der Waals surface area contributed by atoms with E-state index >= 15 is 0 Å². The Hall–Kier alpha value is -3.99. The maximum Gasteiger partial charge on any atom is 0.410 e. The first kappa shape index (κ1) is 26.1. The summed E-state index contributed by atoms with van der Waals surface area (Å²) < 4.78 is 10.7. The second-order valence-electron chi connectivity index (χ2n) is 9.35. The number of hydrogen-bond acceptors (Lipinski definition) is 8. The second-order valence-corrected chi connectivity index (χ2v) is 10.3. The van der Waals surface area contributed by atoms with Crippen molar-refractivity contribution in [3.8, 4) is 5.75 Å². The lowest BCUT2D eigenvalue weighted by Gasteiger charge is -2.26. The van der Waals surface area contributed by atoms with Crippen molar-refractivity contribution in [3.05, 3.63) is 70.2 Å². The van der Waals surface area contributed by atoms with Crippen molar-refractivity contribution in [2.45, 2.75) is 45.9 Å². The molecule has 0 atom stereocenters. The molecule has 194 valence electrons. The molecule has 37 heavy (non-hydrogen) atoms. The van der Waals surface area contributed by atoms with Gasteiger partial charge >= 0.3 is 6.09 Å². The van der Waals surface area contributed by atoms with Gasteiger partial charge in [0.1, 0.15) is 22.9 Å². The zero-order chi connectivity index (χ0) is 26.4. The average molecular weight is 523 g/mol. The zero-order valence-corrected chi connectivity index (χ0v) is 22.1. The van der Waals surface area contributed by atoms with E-state index in [9.17, 15) is 9.59 Å². The highest BCUT2D eigenvalue weighted by molar-refractivity contribution is 7.09. The van der Waals surface area contributed by atoms with Crippen LogP contribution in [0.15, 0.2) is 48.0 Å². The molecular weight excluding hydrogens is 492 g/mol. The van der Waals surface area contributed by atoms with E-state index in [4.69, 9.17) is 9.47 Å². The Morgan fingerprint density at radius 3 is 2.65 bits per heavy atom. The number of thiazole rings is 1. The average Bonchev–Trinajstić information content (AvgIpc) is 3.51. The van der Waals surface area contributed by atoms with Crippen LogP contribution < -0.4 is 10.1 Å². The van der Waals surface area contributed by atoms with Crippen molar-refractivity contribution in [3.63, 3.8) is 0 Å². The quantitative estimate of drug-likeness (QED) is 0.335. The number of benzene rings is 1. The van der Waals surface area contributed by atoms with Crippen molar-refractivity contribution in [1.29, 1.82) is 0 Å². The number of fused-ring (bicyclic) bond motifs is 1. The van der Waals surface area contributed by atoms with Crippen LogP contribution in [0.4, 0.5) is 4.79 Å². The molecule has 3 aromatic heterocycles. The summed E-state index contributed by atoms with van der Waals surface area (Å²) in [6, 6.07) is 11.3. The molecule has 4 rings (SSSR count). The Balaban J connectivity index is 1.38. The van der Waals surface area contributed by atoms with Crippen LogP contribution in [0.3, 0.4) is 0 Å². The van der Waals surface area contributed by atoms with E-state index in [0.717, 1.165) is 16.0 Å². The van der Waals surface area contributed by atoms with Crippen molar-refractivity contribution >= 4 is 34.4 Å². The molecule has 2 N–H and O–H groups in total. The lowest BCUT2D eigenvalue weighted by atomic mass is 10.2. The molecular formula is C26H30N6O4S. The van der Waals surface area contributed by atoms with Crippen molar-refractivity contribution in [1.82, 2.24) is 30.2 Å². The first-order valence-corrected chi connectivity index (χ1v) is 12.7. The summed E-state index contributed by atoms with van der Waals surface area (Å²) in [6.45, 7) is 6.39. The van der Waals surface area contributed by atoms with Gasteiger partial charge in [-0.15, -0.1) is 11.3 Å². The smallest absolute Gasteiger partial charge is 0.410 e. The highest BCUT2D eigenvalue weighted by Gasteiger charge is 2.24. The van der Waals surface area contributed by atoms with E-state index in [1.807, 2.05) is 45.0 Å². The van der Waals surface area contributed by atoms with Crippen LogP contribution in [-0.2, 0) is 24.2 Å². The minimum absolute atomic E-state index is 0.261. The van der Waals surface area contributed by atoms with E-state index < -0.39 is 11.7 Å². The molecule has 0 aliphatic carbocycles. The van der Waals surface area contributed by atoms with Crippen molar-refractivity contribution < 1.29 is 19.1 Å². The van der Waals surface area contributed by atoms with Gasteiger partial charge in [0.15, 0.2) is 0 Å². The van der Waals surface area contributed by atoms with Gasteiger partial charge in [0, 0.05) is 18.3 Å². The Bertz CT molecular complexity index is 1330.